The average Bonchev–Trinajstić information content (AvgIpc) is 2.12. The van der Waals surface area contributed by atoms with Gasteiger partial charge < -0.3 is 9.90 Å². The first-order chi connectivity index (χ1) is 6.66. The molecule has 0 rings (SSSR count). The average molecular weight is 219 g/mol. The zero-order valence-electron chi connectivity index (χ0n) is 8.76. The van der Waals surface area contributed by atoms with Crippen LogP contribution >= 0.6 is 11.6 Å². The number of rotatable bonds is 8. The summed E-state index contributed by atoms with van der Waals surface area (Å²) in [6.45, 7) is 1.84. The molecule has 0 bridgehead atoms. The van der Waals surface area contributed by atoms with Crippen LogP contribution in [-0.4, -0.2) is 17.5 Å². The van der Waals surface area contributed by atoms with Gasteiger partial charge in [0.15, 0.2) is 0 Å². The van der Waals surface area contributed by atoms with Crippen LogP contribution in [0.1, 0.15) is 45.4 Å². The first-order valence-corrected chi connectivity index (χ1v) is 5.49. The van der Waals surface area contributed by atoms with E-state index in [2.05, 4.69) is 0 Å². The van der Waals surface area contributed by atoms with Gasteiger partial charge in [-0.15, -0.1) is 0 Å². The first-order valence-electron chi connectivity index (χ1n) is 5.11. The molecule has 1 N–H and O–H groups in total. The van der Waals surface area contributed by atoms with Gasteiger partial charge in [0.05, 0.1) is 0 Å². The summed E-state index contributed by atoms with van der Waals surface area (Å²) in [7, 11) is 0. The standard InChI is InChI=1S/C11H19ClO2/c1-10(14)6-5-8-11(12)7-3-2-4-9-13/h8,13H,2-7,9H2,1H3/b11-8+. The molecule has 0 aliphatic carbocycles. The Labute approximate surface area is 91.0 Å². The van der Waals surface area contributed by atoms with Crippen LogP contribution in [0.2, 0.25) is 0 Å². The molecule has 0 heterocycles. The minimum atomic E-state index is 0.200. The number of hydrogen-bond acceptors (Lipinski definition) is 2. The van der Waals surface area contributed by atoms with E-state index < -0.39 is 0 Å². The van der Waals surface area contributed by atoms with Gasteiger partial charge in [0.1, 0.15) is 5.78 Å². The van der Waals surface area contributed by atoms with Gasteiger partial charge in [0.25, 0.3) is 0 Å². The predicted octanol–water partition coefficient (Wildman–Crippen LogP) is 3.03. The highest BCUT2D eigenvalue weighted by Gasteiger charge is 1.95. The molecule has 0 saturated carbocycles. The Morgan fingerprint density at radius 3 is 2.57 bits per heavy atom. The third kappa shape index (κ3) is 9.75. The van der Waals surface area contributed by atoms with Crippen molar-refractivity contribution in [1.29, 1.82) is 0 Å². The van der Waals surface area contributed by atoms with E-state index in [1.54, 1.807) is 6.92 Å². The molecule has 0 unspecified atom stereocenters. The number of allylic oxidation sites excluding steroid dienone is 2. The van der Waals surface area contributed by atoms with E-state index in [9.17, 15) is 4.79 Å². The topological polar surface area (TPSA) is 37.3 Å². The Morgan fingerprint density at radius 1 is 1.29 bits per heavy atom. The second-order valence-corrected chi connectivity index (χ2v) is 3.91. The summed E-state index contributed by atoms with van der Waals surface area (Å²) in [4.78, 5) is 10.6. The molecule has 14 heavy (non-hydrogen) atoms. The molecule has 82 valence electrons. The van der Waals surface area contributed by atoms with Crippen molar-refractivity contribution in [2.45, 2.75) is 45.4 Å². The Hall–Kier alpha value is -0.340. The zero-order chi connectivity index (χ0) is 10.8. The van der Waals surface area contributed by atoms with E-state index in [1.807, 2.05) is 6.08 Å². The van der Waals surface area contributed by atoms with Gasteiger partial charge in [0.2, 0.25) is 0 Å². The second-order valence-electron chi connectivity index (χ2n) is 3.43. The van der Waals surface area contributed by atoms with Crippen LogP contribution in [0.4, 0.5) is 0 Å². The van der Waals surface area contributed by atoms with Crippen LogP contribution < -0.4 is 0 Å². The van der Waals surface area contributed by atoms with Gasteiger partial charge in [-0.3, -0.25) is 0 Å². The monoisotopic (exact) mass is 218 g/mol. The van der Waals surface area contributed by atoms with Gasteiger partial charge >= 0.3 is 0 Å². The lowest BCUT2D eigenvalue weighted by Gasteiger charge is -1.98. The number of hydrogen-bond donors (Lipinski definition) is 1. The fourth-order valence-electron chi connectivity index (χ4n) is 1.12. The van der Waals surface area contributed by atoms with Gasteiger partial charge in [-0.2, -0.15) is 0 Å². The molecule has 0 aliphatic rings. The normalized spacial score (nSPS) is 11.8. The number of halogens is 1. The molecule has 3 heteroatoms. The molecule has 0 amide bonds. The van der Waals surface area contributed by atoms with E-state index in [4.69, 9.17) is 16.7 Å². The van der Waals surface area contributed by atoms with Crippen LogP contribution in [0.15, 0.2) is 11.1 Å². The highest BCUT2D eigenvalue weighted by molar-refractivity contribution is 6.29. The molecule has 0 aliphatic heterocycles. The quantitative estimate of drug-likeness (QED) is 0.636. The molecular weight excluding hydrogens is 200 g/mol. The Bertz CT molecular complexity index is 188. The minimum absolute atomic E-state index is 0.200. The Kier molecular flexibility index (Phi) is 9.00. The molecule has 0 spiro atoms. The van der Waals surface area contributed by atoms with Crippen LogP contribution in [0.25, 0.3) is 0 Å². The molecule has 0 fully saturated rings. The summed E-state index contributed by atoms with van der Waals surface area (Å²) in [5.74, 6) is 0.200. The van der Waals surface area contributed by atoms with Gasteiger partial charge in [0, 0.05) is 18.1 Å². The van der Waals surface area contributed by atoms with Crippen molar-refractivity contribution < 1.29 is 9.90 Å². The lowest BCUT2D eigenvalue weighted by Crippen LogP contribution is -1.87. The SMILES string of the molecule is CC(=O)CC/C=C(/Cl)CCCCCO. The van der Waals surface area contributed by atoms with Crippen molar-refractivity contribution >= 4 is 17.4 Å². The smallest absolute Gasteiger partial charge is 0.130 e. The van der Waals surface area contributed by atoms with E-state index >= 15 is 0 Å². The van der Waals surface area contributed by atoms with E-state index in [0.717, 1.165) is 37.1 Å². The second kappa shape index (κ2) is 9.22. The van der Waals surface area contributed by atoms with Gasteiger partial charge in [-0.05, 0) is 32.6 Å². The largest absolute Gasteiger partial charge is 0.396 e. The first kappa shape index (κ1) is 13.7. The zero-order valence-corrected chi connectivity index (χ0v) is 9.52. The maximum atomic E-state index is 10.6. The maximum absolute atomic E-state index is 10.6. The molecule has 2 nitrogen and oxygen atoms in total. The van der Waals surface area contributed by atoms with Crippen LogP contribution in [-0.2, 0) is 4.79 Å². The van der Waals surface area contributed by atoms with Crippen molar-refractivity contribution in [1.82, 2.24) is 0 Å². The van der Waals surface area contributed by atoms with Crippen LogP contribution in [0.5, 0.6) is 0 Å². The molecular formula is C11H19ClO2. The molecule has 0 saturated heterocycles. The molecule has 0 aromatic heterocycles. The van der Waals surface area contributed by atoms with Crippen LogP contribution in [0.3, 0.4) is 0 Å². The number of ketones is 1. The van der Waals surface area contributed by atoms with E-state index in [-0.39, 0.29) is 12.4 Å². The number of carbonyl (C=O) groups is 1. The van der Waals surface area contributed by atoms with Crippen molar-refractivity contribution in [2.24, 2.45) is 0 Å². The van der Waals surface area contributed by atoms with Crippen molar-refractivity contribution in [2.75, 3.05) is 6.61 Å². The summed E-state index contributed by atoms with van der Waals surface area (Å²) in [6, 6.07) is 0. The third-order valence-corrected chi connectivity index (χ3v) is 2.28. The van der Waals surface area contributed by atoms with Crippen molar-refractivity contribution in [3.05, 3.63) is 11.1 Å². The van der Waals surface area contributed by atoms with Gasteiger partial charge in [-0.25, -0.2) is 0 Å². The number of carbonyl (C=O) groups excluding carboxylic acids is 1. The lowest BCUT2D eigenvalue weighted by molar-refractivity contribution is -0.116. The third-order valence-electron chi connectivity index (χ3n) is 1.94. The van der Waals surface area contributed by atoms with E-state index in [1.165, 1.54) is 0 Å². The Balaban J connectivity index is 3.42. The molecule has 0 atom stereocenters. The summed E-state index contributed by atoms with van der Waals surface area (Å²) >= 11 is 5.93. The fourth-order valence-corrected chi connectivity index (χ4v) is 1.36. The van der Waals surface area contributed by atoms with Crippen LogP contribution in [0, 0.1) is 0 Å². The predicted molar refractivity (Wildman–Crippen MR) is 59.4 cm³/mol. The number of aliphatic hydroxyl groups excluding tert-OH is 1. The number of Topliss-reactive ketones (excluding diaryl/α,β-unsaturated/α-hetero) is 1. The highest BCUT2D eigenvalue weighted by Crippen LogP contribution is 2.14. The molecule has 0 aromatic carbocycles. The number of unbranched alkanes of at least 4 members (excludes halogenated alkanes) is 2. The molecule has 0 aromatic rings. The van der Waals surface area contributed by atoms with Crippen molar-refractivity contribution in [3.8, 4) is 0 Å². The molecule has 0 radical (unpaired) electrons. The summed E-state index contributed by atoms with van der Waals surface area (Å²) < 4.78 is 0. The summed E-state index contributed by atoms with van der Waals surface area (Å²) in [6.07, 6.45) is 6.96. The number of aliphatic hydroxyl groups is 1. The lowest BCUT2D eigenvalue weighted by atomic mass is 10.1. The maximum Gasteiger partial charge on any atom is 0.130 e. The fraction of sp³-hybridized carbons (Fsp3) is 0.727. The highest BCUT2D eigenvalue weighted by atomic mass is 35.5. The van der Waals surface area contributed by atoms with Gasteiger partial charge in [-0.1, -0.05) is 24.1 Å². The summed E-state index contributed by atoms with van der Waals surface area (Å²) in [5.41, 5.74) is 0. The minimum Gasteiger partial charge on any atom is -0.396 e. The van der Waals surface area contributed by atoms with E-state index in [0.29, 0.717) is 6.42 Å². The summed E-state index contributed by atoms with van der Waals surface area (Å²) in [5, 5.41) is 9.39. The Morgan fingerprint density at radius 2 is 2.00 bits per heavy atom. The van der Waals surface area contributed by atoms with Crippen molar-refractivity contribution in [3.63, 3.8) is 0 Å².